The summed E-state index contributed by atoms with van der Waals surface area (Å²) in [4.78, 5) is 29.1. The summed E-state index contributed by atoms with van der Waals surface area (Å²) in [6.45, 7) is 5.39. The maximum absolute atomic E-state index is 13.5. The molecule has 0 unspecified atom stereocenters. The van der Waals surface area contributed by atoms with Crippen LogP contribution in [0.5, 0.6) is 5.75 Å². The van der Waals surface area contributed by atoms with Gasteiger partial charge in [-0.15, -0.1) is 0 Å². The van der Waals surface area contributed by atoms with Crippen LogP contribution >= 0.6 is 0 Å². The highest BCUT2D eigenvalue weighted by Crippen LogP contribution is 2.35. The molecule has 2 aromatic carbocycles. The largest absolute Gasteiger partial charge is 0.484 e. The molecular weight excluding hydrogens is 459 g/mol. The van der Waals surface area contributed by atoms with Crippen LogP contribution in [0.25, 0.3) is 10.9 Å². The average molecular weight is 488 g/mol. The van der Waals surface area contributed by atoms with E-state index in [1.807, 2.05) is 25.1 Å². The molecule has 1 fully saturated rings. The maximum atomic E-state index is 13.5. The van der Waals surface area contributed by atoms with Crippen LogP contribution in [0.15, 0.2) is 59.4 Å². The summed E-state index contributed by atoms with van der Waals surface area (Å²) in [6, 6.07) is 14.9. The van der Waals surface area contributed by atoms with Crippen molar-refractivity contribution in [2.75, 3.05) is 32.8 Å². The predicted octanol–water partition coefficient (Wildman–Crippen LogP) is 4.15. The first-order chi connectivity index (χ1) is 16.8. The maximum Gasteiger partial charge on any atom is 0.417 e. The van der Waals surface area contributed by atoms with Crippen molar-refractivity contribution < 1.29 is 22.7 Å². The minimum absolute atomic E-state index is 0.0706. The lowest BCUT2D eigenvalue weighted by Crippen LogP contribution is -2.49. The van der Waals surface area contributed by atoms with Crippen molar-refractivity contribution in [1.29, 1.82) is 0 Å². The Hall–Kier alpha value is -3.33. The summed E-state index contributed by atoms with van der Waals surface area (Å²) in [6.07, 6.45) is -4.07. The smallest absolute Gasteiger partial charge is 0.417 e. The molecule has 1 aromatic heterocycles. The first-order valence-electron chi connectivity index (χ1n) is 11.7. The number of hydrogen-bond acceptors (Lipinski definition) is 4. The van der Waals surface area contributed by atoms with E-state index in [-0.39, 0.29) is 35.7 Å². The van der Waals surface area contributed by atoms with Gasteiger partial charge >= 0.3 is 6.18 Å². The van der Waals surface area contributed by atoms with Crippen molar-refractivity contribution in [2.24, 2.45) is 0 Å². The van der Waals surface area contributed by atoms with Crippen LogP contribution in [0.4, 0.5) is 13.2 Å². The van der Waals surface area contributed by atoms with E-state index >= 15 is 0 Å². The fourth-order valence-electron chi connectivity index (χ4n) is 4.37. The van der Waals surface area contributed by atoms with Gasteiger partial charge in [0.1, 0.15) is 5.75 Å². The Morgan fingerprint density at radius 2 is 1.71 bits per heavy atom. The number of amides is 1. The lowest BCUT2D eigenvalue weighted by molar-refractivity contribution is -0.136. The van der Waals surface area contributed by atoms with Crippen LogP contribution in [-0.4, -0.2) is 53.1 Å². The summed E-state index contributed by atoms with van der Waals surface area (Å²) in [7, 11) is 0. The van der Waals surface area contributed by atoms with Crippen molar-refractivity contribution in [1.82, 2.24) is 14.4 Å². The van der Waals surface area contributed by atoms with Gasteiger partial charge in [-0.1, -0.05) is 37.3 Å². The zero-order chi connectivity index (χ0) is 25.0. The molecule has 0 saturated carbocycles. The van der Waals surface area contributed by atoms with Crippen LogP contribution in [0.1, 0.15) is 24.5 Å². The Kier molecular flexibility index (Phi) is 7.45. The molecule has 1 aliphatic heterocycles. The first-order valence-corrected chi connectivity index (χ1v) is 11.7. The number of alkyl halides is 3. The van der Waals surface area contributed by atoms with Crippen molar-refractivity contribution in [2.45, 2.75) is 32.6 Å². The van der Waals surface area contributed by atoms with Gasteiger partial charge in [-0.3, -0.25) is 14.5 Å². The number of aryl methyl sites for hydroxylation is 1. The summed E-state index contributed by atoms with van der Waals surface area (Å²) in [5, 5.41) is -0.0706. The van der Waals surface area contributed by atoms with Gasteiger partial charge in [-0.05, 0) is 24.1 Å². The molecule has 1 saturated heterocycles. The molecule has 6 nitrogen and oxygen atoms in total. The van der Waals surface area contributed by atoms with Crippen molar-refractivity contribution in [3.63, 3.8) is 0 Å². The standard InChI is InChI=1S/C26H28F3N3O3/c1-2-10-32-23-15-20(8-9-21(23)22(16-24(32)33)26(27,28)29)35-18-25(34)31-13-11-30(12-14-31)17-19-6-4-3-5-7-19/h3-9,15-16H,2,10-14,17-18H2,1H3. The second kappa shape index (κ2) is 10.5. The molecule has 0 N–H and O–H groups in total. The van der Waals surface area contributed by atoms with E-state index in [0.29, 0.717) is 25.6 Å². The fourth-order valence-corrected chi connectivity index (χ4v) is 4.37. The second-order valence-corrected chi connectivity index (χ2v) is 8.66. The Bertz CT molecular complexity index is 1230. The van der Waals surface area contributed by atoms with Gasteiger partial charge in [-0.25, -0.2) is 0 Å². The molecule has 0 spiro atoms. The highest BCUT2D eigenvalue weighted by atomic mass is 19.4. The fraction of sp³-hybridized carbons (Fsp3) is 0.385. The average Bonchev–Trinajstić information content (AvgIpc) is 2.84. The summed E-state index contributed by atoms with van der Waals surface area (Å²) in [5.41, 5.74) is -0.317. The van der Waals surface area contributed by atoms with Crippen molar-refractivity contribution in [3.05, 3.63) is 76.1 Å². The molecule has 0 radical (unpaired) electrons. The highest BCUT2D eigenvalue weighted by molar-refractivity contribution is 5.85. The van der Waals surface area contributed by atoms with Crippen molar-refractivity contribution in [3.8, 4) is 5.75 Å². The number of benzene rings is 2. The number of hydrogen-bond donors (Lipinski definition) is 0. The van der Waals surface area contributed by atoms with Crippen LogP contribution in [0.3, 0.4) is 0 Å². The highest BCUT2D eigenvalue weighted by Gasteiger charge is 2.34. The molecule has 1 amide bonds. The van der Waals surface area contributed by atoms with Gasteiger partial charge in [0.2, 0.25) is 0 Å². The molecule has 0 bridgehead atoms. The van der Waals surface area contributed by atoms with Crippen LogP contribution < -0.4 is 10.3 Å². The molecule has 2 heterocycles. The third-order valence-corrected chi connectivity index (χ3v) is 6.17. The van der Waals surface area contributed by atoms with Crippen molar-refractivity contribution >= 4 is 16.8 Å². The third kappa shape index (κ3) is 5.85. The van der Waals surface area contributed by atoms with E-state index in [1.165, 1.54) is 28.3 Å². The molecule has 186 valence electrons. The molecule has 4 rings (SSSR count). The number of pyridine rings is 1. The second-order valence-electron chi connectivity index (χ2n) is 8.66. The number of fused-ring (bicyclic) bond motifs is 1. The Morgan fingerprint density at radius 3 is 2.37 bits per heavy atom. The molecule has 1 aliphatic rings. The van der Waals surface area contributed by atoms with Crippen LogP contribution in [0, 0.1) is 0 Å². The normalized spacial score (nSPS) is 14.9. The first kappa shape index (κ1) is 24.8. The van der Waals surface area contributed by atoms with Gasteiger partial charge in [0, 0.05) is 56.8 Å². The molecule has 0 atom stereocenters. The number of rotatable bonds is 7. The van der Waals surface area contributed by atoms with Gasteiger partial charge in [0.15, 0.2) is 6.61 Å². The monoisotopic (exact) mass is 487 g/mol. The van der Waals surface area contributed by atoms with Gasteiger partial charge < -0.3 is 14.2 Å². The number of carbonyl (C=O) groups excluding carboxylic acids is 1. The zero-order valence-corrected chi connectivity index (χ0v) is 19.6. The SMILES string of the molecule is CCCn1c(=O)cc(C(F)(F)F)c2ccc(OCC(=O)N3CCN(Cc4ccccc4)CC3)cc21. The summed E-state index contributed by atoms with van der Waals surface area (Å²) < 4.78 is 47.4. The van der Waals surface area contributed by atoms with E-state index in [9.17, 15) is 22.8 Å². The number of aromatic nitrogens is 1. The van der Waals surface area contributed by atoms with E-state index in [4.69, 9.17) is 4.74 Å². The number of nitrogens with zero attached hydrogens (tertiary/aromatic N) is 3. The predicted molar refractivity (Wildman–Crippen MR) is 127 cm³/mol. The molecular formula is C26H28F3N3O3. The zero-order valence-electron chi connectivity index (χ0n) is 19.6. The van der Waals surface area contributed by atoms with Crippen LogP contribution in [-0.2, 0) is 24.1 Å². The minimum Gasteiger partial charge on any atom is -0.484 e. The number of carbonyl (C=O) groups is 1. The Morgan fingerprint density at radius 1 is 1.00 bits per heavy atom. The van der Waals surface area contributed by atoms with Crippen LogP contribution in [0.2, 0.25) is 0 Å². The quantitative estimate of drug-likeness (QED) is 0.503. The summed E-state index contributed by atoms with van der Waals surface area (Å²) in [5.74, 6) is 0.0663. The van der Waals surface area contributed by atoms with Gasteiger partial charge in [0.05, 0.1) is 11.1 Å². The lowest BCUT2D eigenvalue weighted by atomic mass is 10.1. The number of ether oxygens (including phenoxy) is 1. The van der Waals surface area contributed by atoms with E-state index < -0.39 is 17.3 Å². The minimum atomic E-state index is -4.65. The molecule has 9 heteroatoms. The number of piperazine rings is 1. The summed E-state index contributed by atoms with van der Waals surface area (Å²) >= 11 is 0. The van der Waals surface area contributed by atoms with E-state index in [0.717, 1.165) is 19.6 Å². The Labute approximate surface area is 201 Å². The molecule has 0 aliphatic carbocycles. The Balaban J connectivity index is 1.42. The topological polar surface area (TPSA) is 54.8 Å². The lowest BCUT2D eigenvalue weighted by Gasteiger charge is -2.34. The molecule has 3 aromatic rings. The third-order valence-electron chi connectivity index (χ3n) is 6.17. The van der Waals surface area contributed by atoms with Gasteiger partial charge in [-0.2, -0.15) is 13.2 Å². The number of halogens is 3. The molecule has 35 heavy (non-hydrogen) atoms. The van der Waals surface area contributed by atoms with Gasteiger partial charge in [0.25, 0.3) is 11.5 Å². The van der Waals surface area contributed by atoms with E-state index in [1.54, 1.807) is 4.90 Å². The van der Waals surface area contributed by atoms with E-state index in [2.05, 4.69) is 17.0 Å².